The van der Waals surface area contributed by atoms with Gasteiger partial charge in [0.25, 0.3) is 11.9 Å². The van der Waals surface area contributed by atoms with Crippen LogP contribution >= 0.6 is 0 Å². The van der Waals surface area contributed by atoms with Crippen molar-refractivity contribution in [2.75, 3.05) is 20.2 Å². The molecule has 3 heterocycles. The molecule has 0 bridgehead atoms. The molecular formula is C23H22N2O5. The van der Waals surface area contributed by atoms with Crippen molar-refractivity contribution < 1.29 is 23.8 Å². The van der Waals surface area contributed by atoms with Gasteiger partial charge in [-0.25, -0.2) is 4.79 Å². The maximum atomic E-state index is 12.4. The number of amidine groups is 1. The molecule has 30 heavy (non-hydrogen) atoms. The van der Waals surface area contributed by atoms with Crippen LogP contribution in [0.5, 0.6) is 5.75 Å². The predicted molar refractivity (Wildman–Crippen MR) is 108 cm³/mol. The first-order valence-electron chi connectivity index (χ1n) is 10.1. The molecular weight excluding hydrogens is 384 g/mol. The number of methoxy groups -OCH3 is 1. The zero-order valence-electron chi connectivity index (χ0n) is 16.7. The Balaban J connectivity index is 1.27. The van der Waals surface area contributed by atoms with E-state index in [2.05, 4.69) is 4.99 Å². The number of carbonyl (C=O) groups is 2. The Bertz CT molecular complexity index is 1030. The minimum absolute atomic E-state index is 0.251. The average molecular weight is 406 g/mol. The van der Waals surface area contributed by atoms with E-state index in [0.29, 0.717) is 49.7 Å². The van der Waals surface area contributed by atoms with E-state index in [9.17, 15) is 9.59 Å². The Morgan fingerprint density at radius 1 is 1.13 bits per heavy atom. The molecule has 2 aromatic rings. The lowest BCUT2D eigenvalue weighted by Crippen LogP contribution is -2.45. The molecule has 0 radical (unpaired) electrons. The Morgan fingerprint density at radius 3 is 2.63 bits per heavy atom. The predicted octanol–water partition coefficient (Wildman–Crippen LogP) is 2.68. The molecule has 1 saturated heterocycles. The Hall–Kier alpha value is -3.35. The molecule has 0 N–H and O–H groups in total. The number of amides is 1. The number of ether oxygens (including phenoxy) is 3. The lowest BCUT2D eigenvalue weighted by atomic mass is 9.84. The van der Waals surface area contributed by atoms with Crippen molar-refractivity contribution >= 4 is 17.9 Å². The zero-order chi connectivity index (χ0) is 20.7. The van der Waals surface area contributed by atoms with E-state index < -0.39 is 11.7 Å². The Labute approximate surface area is 174 Å². The van der Waals surface area contributed by atoms with Gasteiger partial charge in [-0.1, -0.05) is 36.4 Å². The molecule has 7 nitrogen and oxygen atoms in total. The van der Waals surface area contributed by atoms with Gasteiger partial charge in [0.05, 0.1) is 12.7 Å². The van der Waals surface area contributed by atoms with Crippen LogP contribution in [0.1, 0.15) is 34.3 Å². The quantitative estimate of drug-likeness (QED) is 0.730. The summed E-state index contributed by atoms with van der Waals surface area (Å²) in [5.74, 6) is 0.0700. The first kappa shape index (κ1) is 18.7. The summed E-state index contributed by atoms with van der Waals surface area (Å²) in [6, 6.07) is 15.6. The van der Waals surface area contributed by atoms with Gasteiger partial charge in [0.2, 0.25) is 0 Å². The SMILES string of the molecule is COc1ccc2c(c1)C(=O)OC21CCN(C2=NC(=O)C(Cc3ccccc3)O2)CC1. The van der Waals surface area contributed by atoms with E-state index in [1.54, 1.807) is 13.2 Å². The van der Waals surface area contributed by atoms with Gasteiger partial charge in [-0.2, -0.15) is 4.99 Å². The van der Waals surface area contributed by atoms with E-state index in [0.717, 1.165) is 11.1 Å². The summed E-state index contributed by atoms with van der Waals surface area (Å²) in [5.41, 5.74) is 1.87. The molecule has 1 atom stereocenters. The second-order valence-electron chi connectivity index (χ2n) is 7.81. The van der Waals surface area contributed by atoms with Crippen molar-refractivity contribution in [1.82, 2.24) is 4.90 Å². The van der Waals surface area contributed by atoms with Crippen molar-refractivity contribution in [1.29, 1.82) is 0 Å². The minimum atomic E-state index is -0.637. The van der Waals surface area contributed by atoms with Crippen molar-refractivity contribution in [3.05, 3.63) is 65.2 Å². The van der Waals surface area contributed by atoms with Crippen LogP contribution in [0.3, 0.4) is 0 Å². The van der Waals surface area contributed by atoms with E-state index in [-0.39, 0.29) is 11.9 Å². The maximum absolute atomic E-state index is 12.4. The molecule has 3 aliphatic heterocycles. The average Bonchev–Trinajstić information content (AvgIpc) is 3.26. The van der Waals surface area contributed by atoms with E-state index >= 15 is 0 Å². The van der Waals surface area contributed by atoms with Gasteiger partial charge in [-0.15, -0.1) is 0 Å². The molecule has 0 aromatic heterocycles. The third-order valence-corrected chi connectivity index (χ3v) is 6.06. The van der Waals surface area contributed by atoms with Crippen LogP contribution in [-0.4, -0.2) is 49.1 Å². The van der Waals surface area contributed by atoms with Crippen molar-refractivity contribution in [2.24, 2.45) is 4.99 Å². The third kappa shape index (κ3) is 3.10. The summed E-state index contributed by atoms with van der Waals surface area (Å²) < 4.78 is 16.9. The highest BCUT2D eigenvalue weighted by molar-refractivity contribution is 5.99. The molecule has 1 fully saturated rings. The fourth-order valence-electron chi connectivity index (χ4n) is 4.41. The molecule has 1 amide bonds. The molecule has 2 aromatic carbocycles. The first-order valence-corrected chi connectivity index (χ1v) is 10.1. The second-order valence-corrected chi connectivity index (χ2v) is 7.81. The lowest BCUT2D eigenvalue weighted by Gasteiger charge is -2.38. The standard InChI is InChI=1S/C23H22N2O5/c1-28-16-7-8-18-17(14-16)21(27)30-23(18)9-11-25(12-10-23)22-24-20(26)19(29-22)13-15-5-3-2-4-6-15/h2-8,14,19H,9-13H2,1H3. The number of esters is 1. The summed E-state index contributed by atoms with van der Waals surface area (Å²) in [6.07, 6.45) is 1.13. The molecule has 154 valence electrons. The topological polar surface area (TPSA) is 77.4 Å². The van der Waals surface area contributed by atoms with Crippen LogP contribution in [0.25, 0.3) is 0 Å². The van der Waals surface area contributed by atoms with Crippen LogP contribution < -0.4 is 4.74 Å². The molecule has 5 rings (SSSR count). The van der Waals surface area contributed by atoms with Crippen LogP contribution in [0.4, 0.5) is 0 Å². The number of rotatable bonds is 3. The number of fused-ring (bicyclic) bond motifs is 2. The fraction of sp³-hybridized carbons (Fsp3) is 0.348. The van der Waals surface area contributed by atoms with Crippen molar-refractivity contribution in [2.45, 2.75) is 31.0 Å². The fourth-order valence-corrected chi connectivity index (χ4v) is 4.41. The van der Waals surface area contributed by atoms with E-state index in [1.165, 1.54) is 0 Å². The summed E-state index contributed by atoms with van der Waals surface area (Å²) in [5, 5.41) is 0. The zero-order valence-corrected chi connectivity index (χ0v) is 16.7. The number of carbonyl (C=O) groups excluding carboxylic acids is 2. The van der Waals surface area contributed by atoms with Crippen LogP contribution in [0.15, 0.2) is 53.5 Å². The lowest BCUT2D eigenvalue weighted by molar-refractivity contribution is -0.122. The van der Waals surface area contributed by atoms with Gasteiger partial charge in [0.15, 0.2) is 6.10 Å². The minimum Gasteiger partial charge on any atom is -0.497 e. The highest BCUT2D eigenvalue weighted by atomic mass is 16.6. The second kappa shape index (κ2) is 7.16. The number of hydrogen-bond acceptors (Lipinski definition) is 6. The summed E-state index contributed by atoms with van der Waals surface area (Å²) >= 11 is 0. The van der Waals surface area contributed by atoms with Gasteiger partial charge in [0, 0.05) is 37.9 Å². The molecule has 1 spiro atoms. The first-order chi connectivity index (χ1) is 14.6. The van der Waals surface area contributed by atoms with Gasteiger partial charge in [-0.3, -0.25) is 4.79 Å². The van der Waals surface area contributed by atoms with Crippen molar-refractivity contribution in [3.8, 4) is 5.75 Å². The van der Waals surface area contributed by atoms with Gasteiger partial charge < -0.3 is 19.1 Å². The third-order valence-electron chi connectivity index (χ3n) is 6.06. The van der Waals surface area contributed by atoms with Gasteiger partial charge in [0.1, 0.15) is 11.4 Å². The smallest absolute Gasteiger partial charge is 0.339 e. The maximum Gasteiger partial charge on any atom is 0.339 e. The van der Waals surface area contributed by atoms with Crippen LogP contribution in [-0.2, 0) is 26.3 Å². The number of hydrogen-bond donors (Lipinski definition) is 0. The highest BCUT2D eigenvalue weighted by Gasteiger charge is 2.48. The Kier molecular flexibility index (Phi) is 4.46. The monoisotopic (exact) mass is 406 g/mol. The highest BCUT2D eigenvalue weighted by Crippen LogP contribution is 2.45. The summed E-state index contributed by atoms with van der Waals surface area (Å²) in [4.78, 5) is 30.9. The van der Waals surface area contributed by atoms with Crippen LogP contribution in [0, 0.1) is 0 Å². The van der Waals surface area contributed by atoms with E-state index in [1.807, 2.05) is 47.4 Å². The number of piperidine rings is 1. The molecule has 0 saturated carbocycles. The summed E-state index contributed by atoms with van der Waals surface area (Å²) in [7, 11) is 1.57. The number of benzene rings is 2. The van der Waals surface area contributed by atoms with Gasteiger partial charge in [-0.05, 0) is 17.7 Å². The molecule has 0 aliphatic carbocycles. The van der Waals surface area contributed by atoms with Gasteiger partial charge >= 0.3 is 5.97 Å². The Morgan fingerprint density at radius 2 is 1.90 bits per heavy atom. The summed E-state index contributed by atoms with van der Waals surface area (Å²) in [6.45, 7) is 1.17. The number of aliphatic imine (C=N–C) groups is 1. The normalized spacial score (nSPS) is 21.8. The van der Waals surface area contributed by atoms with Crippen molar-refractivity contribution in [3.63, 3.8) is 0 Å². The molecule has 7 heteroatoms. The largest absolute Gasteiger partial charge is 0.497 e. The number of likely N-dealkylation sites (tertiary alicyclic amines) is 1. The number of nitrogens with zero attached hydrogens (tertiary/aromatic N) is 2. The van der Waals surface area contributed by atoms with Crippen LogP contribution in [0.2, 0.25) is 0 Å². The molecule has 3 aliphatic rings. The van der Waals surface area contributed by atoms with E-state index in [4.69, 9.17) is 14.2 Å². The molecule has 1 unspecified atom stereocenters.